The van der Waals surface area contributed by atoms with E-state index in [4.69, 9.17) is 23.2 Å². The molecule has 0 amide bonds. The molecule has 1 N–H and O–H groups in total. The van der Waals surface area contributed by atoms with Gasteiger partial charge in [-0.25, -0.2) is 9.97 Å². The fraction of sp³-hybridized carbons (Fsp3) is 0.375. The summed E-state index contributed by atoms with van der Waals surface area (Å²) in [6.07, 6.45) is 4.52. The van der Waals surface area contributed by atoms with Crippen LogP contribution in [0.2, 0.25) is 10.0 Å². The molecule has 0 fully saturated rings. The lowest BCUT2D eigenvalue weighted by Crippen LogP contribution is -2.08. The van der Waals surface area contributed by atoms with Crippen molar-refractivity contribution in [1.82, 2.24) is 9.97 Å². The van der Waals surface area contributed by atoms with Crippen molar-refractivity contribution in [3.05, 3.63) is 40.1 Å². The largest absolute Gasteiger partial charge is 0.370 e. The standard InChI is InChI=1S/C16H19Cl2N3/c1-3-6-12-15(11-7-5-8-13(17)14(11)18)20-10-21-16(12)19-9-4-2/h5,7-8,10H,3-4,6,9H2,1-2H3,(H,19,20,21). The van der Waals surface area contributed by atoms with E-state index in [-0.39, 0.29) is 0 Å². The molecule has 2 rings (SSSR count). The SMILES string of the molecule is CCCNc1ncnc(-c2cccc(Cl)c2Cl)c1CCC. The predicted octanol–water partition coefficient (Wildman–Crippen LogP) is 5.22. The Bertz CT molecular complexity index is 614. The monoisotopic (exact) mass is 323 g/mol. The third-order valence-corrected chi connectivity index (χ3v) is 4.01. The molecular weight excluding hydrogens is 305 g/mol. The zero-order chi connectivity index (χ0) is 15.2. The molecule has 0 radical (unpaired) electrons. The topological polar surface area (TPSA) is 37.8 Å². The summed E-state index contributed by atoms with van der Waals surface area (Å²) < 4.78 is 0. The average Bonchev–Trinajstić information content (AvgIpc) is 2.49. The first-order chi connectivity index (χ1) is 10.2. The number of nitrogens with zero attached hydrogens (tertiary/aromatic N) is 2. The van der Waals surface area contributed by atoms with Gasteiger partial charge in [-0.15, -0.1) is 0 Å². The lowest BCUT2D eigenvalue weighted by atomic mass is 10.0. The number of hydrogen-bond donors (Lipinski definition) is 1. The van der Waals surface area contributed by atoms with Gasteiger partial charge in [0, 0.05) is 17.7 Å². The van der Waals surface area contributed by atoms with Gasteiger partial charge in [0.25, 0.3) is 0 Å². The summed E-state index contributed by atoms with van der Waals surface area (Å²) in [5, 5.41) is 4.44. The Labute approximate surface area is 135 Å². The molecule has 0 aliphatic heterocycles. The first-order valence-corrected chi connectivity index (χ1v) is 7.96. The molecule has 1 aromatic carbocycles. The van der Waals surface area contributed by atoms with E-state index in [9.17, 15) is 0 Å². The second-order valence-corrected chi connectivity index (χ2v) is 5.61. The number of rotatable bonds is 6. The van der Waals surface area contributed by atoms with Crippen molar-refractivity contribution >= 4 is 29.0 Å². The molecular formula is C16H19Cl2N3. The number of hydrogen-bond acceptors (Lipinski definition) is 3. The number of anilines is 1. The fourth-order valence-electron chi connectivity index (χ4n) is 2.21. The number of aromatic nitrogens is 2. The van der Waals surface area contributed by atoms with Crippen LogP contribution in [0, 0.1) is 0 Å². The summed E-state index contributed by atoms with van der Waals surface area (Å²) in [7, 11) is 0. The highest BCUT2D eigenvalue weighted by Crippen LogP contribution is 2.35. The van der Waals surface area contributed by atoms with Gasteiger partial charge in [0.1, 0.15) is 12.1 Å². The molecule has 21 heavy (non-hydrogen) atoms. The Balaban J connectivity index is 2.54. The molecule has 112 valence electrons. The molecule has 0 aliphatic rings. The van der Waals surface area contributed by atoms with Crippen LogP contribution in [0.15, 0.2) is 24.5 Å². The number of nitrogens with one attached hydrogen (secondary N) is 1. The van der Waals surface area contributed by atoms with Crippen LogP contribution < -0.4 is 5.32 Å². The predicted molar refractivity (Wildman–Crippen MR) is 90.3 cm³/mol. The molecule has 2 aromatic rings. The van der Waals surface area contributed by atoms with E-state index >= 15 is 0 Å². The number of halogens is 2. The average molecular weight is 324 g/mol. The molecule has 0 atom stereocenters. The summed E-state index contributed by atoms with van der Waals surface area (Å²) in [4.78, 5) is 8.82. The van der Waals surface area contributed by atoms with Crippen LogP contribution in [0.3, 0.4) is 0 Å². The van der Waals surface area contributed by atoms with Crippen LogP contribution in [0.1, 0.15) is 32.3 Å². The molecule has 0 spiro atoms. The van der Waals surface area contributed by atoms with Crippen molar-refractivity contribution in [2.24, 2.45) is 0 Å². The van der Waals surface area contributed by atoms with E-state index in [1.54, 1.807) is 12.4 Å². The van der Waals surface area contributed by atoms with Crippen molar-refractivity contribution in [3.63, 3.8) is 0 Å². The Hall–Kier alpha value is -1.32. The van der Waals surface area contributed by atoms with Gasteiger partial charge in [0.05, 0.1) is 15.7 Å². The van der Waals surface area contributed by atoms with Gasteiger partial charge >= 0.3 is 0 Å². The van der Waals surface area contributed by atoms with Crippen LogP contribution in [0.5, 0.6) is 0 Å². The molecule has 5 heteroatoms. The molecule has 3 nitrogen and oxygen atoms in total. The van der Waals surface area contributed by atoms with Gasteiger partial charge in [0.15, 0.2) is 0 Å². The van der Waals surface area contributed by atoms with Crippen molar-refractivity contribution in [3.8, 4) is 11.3 Å². The minimum Gasteiger partial charge on any atom is -0.370 e. The highest BCUT2D eigenvalue weighted by atomic mass is 35.5. The molecule has 0 bridgehead atoms. The van der Waals surface area contributed by atoms with E-state index in [1.165, 1.54) is 0 Å². The van der Waals surface area contributed by atoms with Crippen LogP contribution in [-0.4, -0.2) is 16.5 Å². The summed E-state index contributed by atoms with van der Waals surface area (Å²) in [5.41, 5.74) is 2.81. The van der Waals surface area contributed by atoms with Gasteiger partial charge in [-0.05, 0) is 18.9 Å². The minimum atomic E-state index is 0.539. The quantitative estimate of drug-likeness (QED) is 0.791. The molecule has 1 heterocycles. The smallest absolute Gasteiger partial charge is 0.133 e. The fourth-order valence-corrected chi connectivity index (χ4v) is 2.60. The minimum absolute atomic E-state index is 0.539. The summed E-state index contributed by atoms with van der Waals surface area (Å²) in [5.74, 6) is 0.889. The van der Waals surface area contributed by atoms with Gasteiger partial charge < -0.3 is 5.32 Å². The van der Waals surface area contributed by atoms with E-state index in [2.05, 4.69) is 29.1 Å². The van der Waals surface area contributed by atoms with E-state index in [1.807, 2.05) is 12.1 Å². The summed E-state index contributed by atoms with van der Waals surface area (Å²) in [6, 6.07) is 5.62. The van der Waals surface area contributed by atoms with E-state index in [0.29, 0.717) is 10.0 Å². The zero-order valence-electron chi connectivity index (χ0n) is 12.3. The second-order valence-electron chi connectivity index (χ2n) is 4.83. The maximum absolute atomic E-state index is 6.34. The second kappa shape index (κ2) is 7.62. The Morgan fingerprint density at radius 2 is 1.90 bits per heavy atom. The summed E-state index contributed by atoms with van der Waals surface area (Å²) in [6.45, 7) is 5.15. The lowest BCUT2D eigenvalue weighted by molar-refractivity contribution is 0.892. The first kappa shape index (κ1) is 16.1. The summed E-state index contributed by atoms with van der Waals surface area (Å²) >= 11 is 12.5. The Kier molecular flexibility index (Phi) is 5.83. The van der Waals surface area contributed by atoms with Crippen LogP contribution in [-0.2, 0) is 6.42 Å². The Morgan fingerprint density at radius 1 is 1.10 bits per heavy atom. The lowest BCUT2D eigenvalue weighted by Gasteiger charge is -2.15. The molecule has 0 aliphatic carbocycles. The molecule has 0 saturated carbocycles. The Morgan fingerprint density at radius 3 is 2.62 bits per heavy atom. The molecule has 0 saturated heterocycles. The molecule has 1 aromatic heterocycles. The van der Waals surface area contributed by atoms with E-state index < -0.39 is 0 Å². The van der Waals surface area contributed by atoms with E-state index in [0.717, 1.165) is 48.4 Å². The highest BCUT2D eigenvalue weighted by molar-refractivity contribution is 6.43. The van der Waals surface area contributed by atoms with Gasteiger partial charge in [-0.3, -0.25) is 0 Å². The van der Waals surface area contributed by atoms with Crippen molar-refractivity contribution in [2.45, 2.75) is 33.1 Å². The zero-order valence-corrected chi connectivity index (χ0v) is 13.8. The van der Waals surface area contributed by atoms with Crippen molar-refractivity contribution < 1.29 is 0 Å². The molecule has 0 unspecified atom stereocenters. The van der Waals surface area contributed by atoms with Crippen LogP contribution in [0.4, 0.5) is 5.82 Å². The number of benzene rings is 1. The van der Waals surface area contributed by atoms with Gasteiger partial charge in [0.2, 0.25) is 0 Å². The van der Waals surface area contributed by atoms with Gasteiger partial charge in [-0.1, -0.05) is 55.6 Å². The normalized spacial score (nSPS) is 10.7. The van der Waals surface area contributed by atoms with Crippen molar-refractivity contribution in [2.75, 3.05) is 11.9 Å². The highest BCUT2D eigenvalue weighted by Gasteiger charge is 2.15. The maximum Gasteiger partial charge on any atom is 0.133 e. The maximum atomic E-state index is 6.34. The van der Waals surface area contributed by atoms with Crippen LogP contribution >= 0.6 is 23.2 Å². The first-order valence-electron chi connectivity index (χ1n) is 7.21. The third-order valence-electron chi connectivity index (χ3n) is 3.19. The van der Waals surface area contributed by atoms with Crippen molar-refractivity contribution in [1.29, 1.82) is 0 Å². The third kappa shape index (κ3) is 3.66. The van der Waals surface area contributed by atoms with Gasteiger partial charge in [-0.2, -0.15) is 0 Å². The van der Waals surface area contributed by atoms with Crippen LogP contribution in [0.25, 0.3) is 11.3 Å².